The molecule has 19 heavy (non-hydrogen) atoms. The van der Waals surface area contributed by atoms with E-state index in [1.165, 1.54) is 31.7 Å². The Hall–Kier alpha value is -0.130. The van der Waals surface area contributed by atoms with Gasteiger partial charge in [0.25, 0.3) is 0 Å². The second kappa shape index (κ2) is 6.10. The van der Waals surface area contributed by atoms with Crippen LogP contribution >= 0.6 is 27.5 Å². The molecule has 0 bridgehead atoms. The molecule has 2 heterocycles. The highest BCUT2D eigenvalue weighted by atomic mass is 79.9. The molecule has 2 aliphatic rings. The van der Waals surface area contributed by atoms with Crippen LogP contribution in [0.3, 0.4) is 0 Å². The van der Waals surface area contributed by atoms with Crippen molar-refractivity contribution in [3.8, 4) is 0 Å². The maximum atomic E-state index is 6.26. The number of hydrogen-bond donors (Lipinski definition) is 1. The molecule has 1 aromatic rings. The highest BCUT2D eigenvalue weighted by molar-refractivity contribution is 9.10. The lowest BCUT2D eigenvalue weighted by Gasteiger charge is -2.47. The predicted molar refractivity (Wildman–Crippen MR) is 82.7 cm³/mol. The van der Waals surface area contributed by atoms with E-state index >= 15 is 0 Å². The fourth-order valence-electron chi connectivity index (χ4n) is 2.84. The summed E-state index contributed by atoms with van der Waals surface area (Å²) in [7, 11) is 0. The van der Waals surface area contributed by atoms with Crippen LogP contribution in [0.2, 0.25) is 5.02 Å². The van der Waals surface area contributed by atoms with Gasteiger partial charge in [0.1, 0.15) is 0 Å². The third kappa shape index (κ3) is 3.31. The van der Waals surface area contributed by atoms with Crippen LogP contribution in [0.1, 0.15) is 5.56 Å². The molecule has 0 aliphatic carbocycles. The van der Waals surface area contributed by atoms with Crippen LogP contribution in [-0.2, 0) is 6.54 Å². The van der Waals surface area contributed by atoms with Gasteiger partial charge in [-0.1, -0.05) is 33.6 Å². The van der Waals surface area contributed by atoms with Crippen molar-refractivity contribution in [1.29, 1.82) is 0 Å². The highest BCUT2D eigenvalue weighted by Gasteiger charge is 2.32. The normalized spacial score (nSPS) is 22.4. The third-order valence-corrected chi connectivity index (χ3v) is 4.86. The van der Waals surface area contributed by atoms with Crippen molar-refractivity contribution >= 4 is 27.5 Å². The van der Waals surface area contributed by atoms with Gasteiger partial charge >= 0.3 is 0 Å². The number of benzene rings is 1. The molecule has 0 aromatic heterocycles. The van der Waals surface area contributed by atoms with E-state index < -0.39 is 0 Å². The van der Waals surface area contributed by atoms with Gasteiger partial charge in [-0.25, -0.2) is 0 Å². The molecule has 2 saturated heterocycles. The van der Waals surface area contributed by atoms with Gasteiger partial charge in [0, 0.05) is 61.4 Å². The molecule has 0 radical (unpaired) electrons. The van der Waals surface area contributed by atoms with E-state index in [4.69, 9.17) is 11.6 Å². The quantitative estimate of drug-likeness (QED) is 0.907. The van der Waals surface area contributed by atoms with Gasteiger partial charge in [-0.3, -0.25) is 9.80 Å². The van der Waals surface area contributed by atoms with Crippen molar-refractivity contribution in [3.05, 3.63) is 33.3 Å². The fourth-order valence-corrected chi connectivity index (χ4v) is 3.57. The maximum absolute atomic E-state index is 6.26. The van der Waals surface area contributed by atoms with Crippen LogP contribution in [0.25, 0.3) is 0 Å². The maximum Gasteiger partial charge on any atom is 0.0462 e. The first-order valence-corrected chi connectivity index (χ1v) is 8.00. The van der Waals surface area contributed by atoms with Crippen molar-refractivity contribution in [2.24, 2.45) is 0 Å². The van der Waals surface area contributed by atoms with Crippen LogP contribution < -0.4 is 5.32 Å². The Morgan fingerprint density at radius 1 is 1.26 bits per heavy atom. The van der Waals surface area contributed by atoms with E-state index in [2.05, 4.69) is 43.2 Å². The van der Waals surface area contributed by atoms with Crippen molar-refractivity contribution in [1.82, 2.24) is 15.1 Å². The second-order valence-electron chi connectivity index (χ2n) is 5.37. The highest BCUT2D eigenvalue weighted by Crippen LogP contribution is 2.25. The summed E-state index contributed by atoms with van der Waals surface area (Å²) >= 11 is 9.71. The standard InChI is InChI=1S/C14H19BrClN3/c15-12-2-1-11(14(16)7-12)8-18-9-13(10-18)19-5-3-17-4-6-19/h1-2,7,13,17H,3-6,8-10H2. The molecule has 0 atom stereocenters. The zero-order valence-corrected chi connectivity index (χ0v) is 13.3. The molecule has 104 valence electrons. The molecule has 0 spiro atoms. The van der Waals surface area contributed by atoms with Gasteiger partial charge in [-0.2, -0.15) is 0 Å². The van der Waals surface area contributed by atoms with E-state index in [9.17, 15) is 0 Å². The Labute approximate surface area is 128 Å². The minimum Gasteiger partial charge on any atom is -0.314 e. The summed E-state index contributed by atoms with van der Waals surface area (Å²) in [6.45, 7) is 7.96. The number of halogens is 2. The van der Waals surface area contributed by atoms with Gasteiger partial charge in [0.05, 0.1) is 0 Å². The molecule has 0 amide bonds. The van der Waals surface area contributed by atoms with Crippen molar-refractivity contribution < 1.29 is 0 Å². The Bertz CT molecular complexity index is 442. The fraction of sp³-hybridized carbons (Fsp3) is 0.571. The van der Waals surface area contributed by atoms with Crippen molar-refractivity contribution in [3.63, 3.8) is 0 Å². The van der Waals surface area contributed by atoms with E-state index in [-0.39, 0.29) is 0 Å². The summed E-state index contributed by atoms with van der Waals surface area (Å²) in [5.74, 6) is 0. The lowest BCUT2D eigenvalue weighted by molar-refractivity contribution is 0.0223. The SMILES string of the molecule is Clc1cc(Br)ccc1CN1CC(N2CCNCC2)C1. The van der Waals surface area contributed by atoms with Crippen LogP contribution in [0.15, 0.2) is 22.7 Å². The third-order valence-electron chi connectivity index (χ3n) is 4.01. The summed E-state index contributed by atoms with van der Waals surface area (Å²) in [5, 5.41) is 4.27. The molecule has 5 heteroatoms. The number of nitrogens with zero attached hydrogens (tertiary/aromatic N) is 2. The molecule has 0 unspecified atom stereocenters. The van der Waals surface area contributed by atoms with Gasteiger partial charge in [0.15, 0.2) is 0 Å². The molecule has 2 fully saturated rings. The Balaban J connectivity index is 1.50. The summed E-state index contributed by atoms with van der Waals surface area (Å²) in [6.07, 6.45) is 0. The largest absolute Gasteiger partial charge is 0.314 e. The Morgan fingerprint density at radius 2 is 2.00 bits per heavy atom. The van der Waals surface area contributed by atoms with E-state index in [1.807, 2.05) is 6.07 Å². The van der Waals surface area contributed by atoms with Crippen LogP contribution in [-0.4, -0.2) is 55.1 Å². The lowest BCUT2D eigenvalue weighted by atomic mass is 10.0. The molecule has 3 rings (SSSR count). The Kier molecular flexibility index (Phi) is 4.44. The molecular weight excluding hydrogens is 326 g/mol. The molecule has 2 aliphatic heterocycles. The average Bonchev–Trinajstić information content (AvgIpc) is 2.36. The lowest BCUT2D eigenvalue weighted by Crippen LogP contribution is -2.62. The molecule has 3 nitrogen and oxygen atoms in total. The van der Waals surface area contributed by atoms with Gasteiger partial charge in [-0.15, -0.1) is 0 Å². The van der Waals surface area contributed by atoms with Crippen molar-refractivity contribution in [2.75, 3.05) is 39.3 Å². The predicted octanol–water partition coefficient (Wildman–Crippen LogP) is 2.19. The number of likely N-dealkylation sites (tertiary alicyclic amines) is 1. The summed E-state index contributed by atoms with van der Waals surface area (Å²) in [5.41, 5.74) is 1.23. The first-order valence-electron chi connectivity index (χ1n) is 6.83. The monoisotopic (exact) mass is 343 g/mol. The smallest absolute Gasteiger partial charge is 0.0462 e. The van der Waals surface area contributed by atoms with Crippen molar-refractivity contribution in [2.45, 2.75) is 12.6 Å². The second-order valence-corrected chi connectivity index (χ2v) is 6.69. The van der Waals surface area contributed by atoms with Gasteiger partial charge in [0.2, 0.25) is 0 Å². The first kappa shape index (κ1) is 13.8. The van der Waals surface area contributed by atoms with Crippen LogP contribution in [0.5, 0.6) is 0 Å². The average molecular weight is 345 g/mol. The van der Waals surface area contributed by atoms with E-state index in [0.29, 0.717) is 0 Å². The van der Waals surface area contributed by atoms with E-state index in [0.717, 1.165) is 35.2 Å². The minimum absolute atomic E-state index is 0.747. The number of nitrogens with one attached hydrogen (secondary N) is 1. The summed E-state index contributed by atoms with van der Waals surface area (Å²) in [6, 6.07) is 6.90. The van der Waals surface area contributed by atoms with Gasteiger partial charge < -0.3 is 5.32 Å². The van der Waals surface area contributed by atoms with Crippen LogP contribution in [0, 0.1) is 0 Å². The number of piperazine rings is 1. The summed E-state index contributed by atoms with van der Waals surface area (Å²) < 4.78 is 1.04. The van der Waals surface area contributed by atoms with E-state index in [1.54, 1.807) is 0 Å². The van der Waals surface area contributed by atoms with Crippen LogP contribution in [0.4, 0.5) is 0 Å². The zero-order valence-electron chi connectivity index (χ0n) is 10.9. The Morgan fingerprint density at radius 3 is 2.68 bits per heavy atom. The number of rotatable bonds is 3. The topological polar surface area (TPSA) is 18.5 Å². The molecule has 1 aromatic carbocycles. The first-order chi connectivity index (χ1) is 9.22. The minimum atomic E-state index is 0.747. The molecular formula is C14H19BrClN3. The molecule has 0 saturated carbocycles. The zero-order chi connectivity index (χ0) is 13.2. The molecule has 1 N–H and O–H groups in total. The number of hydrogen-bond acceptors (Lipinski definition) is 3. The summed E-state index contributed by atoms with van der Waals surface area (Å²) in [4.78, 5) is 5.08. The van der Waals surface area contributed by atoms with Gasteiger partial charge in [-0.05, 0) is 17.7 Å².